The molecule has 93 heavy (non-hydrogen) atoms. The molecule has 4 aliphatic rings. The average molecular weight is 1390 g/mol. The third-order valence-electron chi connectivity index (χ3n) is 19.2. The van der Waals surface area contributed by atoms with Crippen LogP contribution >= 0.6 is 0 Å². The number of alkyl halides is 26. The van der Waals surface area contributed by atoms with E-state index in [4.69, 9.17) is 9.47 Å². The first-order valence-corrected chi connectivity index (χ1v) is 31.2. The van der Waals surface area contributed by atoms with Crippen LogP contribution in [0.25, 0.3) is 0 Å². The highest BCUT2D eigenvalue weighted by atomic mass is 19.4. The Morgan fingerprint density at radius 1 is 0.333 bits per heavy atom. The molecule has 30 heteroatoms. The Hall–Kier alpha value is -4.44. The Balaban J connectivity index is 0.000000337. The van der Waals surface area contributed by atoms with Gasteiger partial charge in [0, 0.05) is 12.8 Å². The first kappa shape index (κ1) is 79.3. The van der Waals surface area contributed by atoms with Crippen molar-refractivity contribution in [1.29, 1.82) is 0 Å². The quantitative estimate of drug-likeness (QED) is 0.0387. The van der Waals surface area contributed by atoms with Crippen molar-refractivity contribution in [1.82, 2.24) is 0 Å². The molecule has 0 bridgehead atoms. The highest BCUT2D eigenvalue weighted by Gasteiger charge is 2.92. The molecule has 2 aromatic rings. The van der Waals surface area contributed by atoms with E-state index in [2.05, 4.69) is 13.8 Å². The highest BCUT2D eigenvalue weighted by Crippen LogP contribution is 2.63. The molecule has 0 amide bonds. The van der Waals surface area contributed by atoms with Gasteiger partial charge in [-0.3, -0.25) is 9.59 Å². The van der Waals surface area contributed by atoms with Gasteiger partial charge in [0.1, 0.15) is 11.5 Å². The largest absolute Gasteiger partial charge is 0.460 e. The molecular formula is C63H76F26O4. The van der Waals surface area contributed by atoms with Crippen LogP contribution in [-0.2, 0) is 22.4 Å². The minimum absolute atomic E-state index is 0.0417. The van der Waals surface area contributed by atoms with E-state index < -0.39 is 109 Å². The highest BCUT2D eigenvalue weighted by molar-refractivity contribution is 5.75. The monoisotopic (exact) mass is 1390 g/mol. The molecule has 0 unspecified atom stereocenters. The summed E-state index contributed by atoms with van der Waals surface area (Å²) >= 11 is 0. The summed E-state index contributed by atoms with van der Waals surface area (Å²) in [5.41, 5.74) is -0.507. The van der Waals surface area contributed by atoms with Gasteiger partial charge in [-0.05, 0) is 161 Å². The van der Waals surface area contributed by atoms with Crippen molar-refractivity contribution in [2.75, 3.05) is 0 Å². The fraction of sp³-hybridized carbons (Fsp3) is 0.778. The zero-order valence-electron chi connectivity index (χ0n) is 50.8. The topological polar surface area (TPSA) is 52.6 Å². The van der Waals surface area contributed by atoms with Gasteiger partial charge in [-0.15, -0.1) is 0 Å². The SMILES string of the molecule is CCCCC[C@H]1CC[C@H]([C@H]2CC[C@H](C(=O)Oc3ccc(CCC(F)(F)C(F)(F)C(F)(F)C(F)(F)C(F)(F)C(F)(F)F)cc3)CC2)CC1.CCCC[C@H]1CC[C@H]([C@H]2CC[C@H](C(=O)Oc3ccc(CCC(F)(F)C(F)(F)C(F)(F)C(F)(F)C(F)(F)C(F)(F)F)cc3)CC2)CC1. The number of halogens is 26. The number of hydrogen-bond donors (Lipinski definition) is 0. The fourth-order valence-corrected chi connectivity index (χ4v) is 13.1. The van der Waals surface area contributed by atoms with Crippen molar-refractivity contribution in [3.8, 4) is 11.5 Å². The Bertz CT molecular complexity index is 2640. The second-order valence-electron chi connectivity index (χ2n) is 25.6. The number of rotatable bonds is 27. The molecule has 0 aliphatic heterocycles. The van der Waals surface area contributed by atoms with Crippen molar-refractivity contribution in [2.45, 2.75) is 259 Å². The Kier molecular flexibility index (Phi) is 26.0. The van der Waals surface area contributed by atoms with Gasteiger partial charge in [0.25, 0.3) is 0 Å². The minimum atomic E-state index is -7.91. The van der Waals surface area contributed by atoms with Crippen molar-refractivity contribution in [3.63, 3.8) is 0 Å². The molecule has 0 saturated heterocycles. The molecule has 0 spiro atoms. The van der Waals surface area contributed by atoms with Crippen LogP contribution in [0.2, 0.25) is 0 Å². The van der Waals surface area contributed by atoms with Crippen LogP contribution in [0.15, 0.2) is 48.5 Å². The lowest BCUT2D eigenvalue weighted by Crippen LogP contribution is -2.70. The number of carbonyl (C=O) groups is 2. The second-order valence-corrected chi connectivity index (χ2v) is 25.6. The molecule has 4 fully saturated rings. The summed E-state index contributed by atoms with van der Waals surface area (Å²) < 4.78 is 357. The van der Waals surface area contributed by atoms with Gasteiger partial charge in [0.15, 0.2) is 0 Å². The lowest BCUT2D eigenvalue weighted by molar-refractivity contribution is -0.440. The summed E-state index contributed by atoms with van der Waals surface area (Å²) in [6.45, 7) is 4.37. The van der Waals surface area contributed by atoms with Gasteiger partial charge in [-0.1, -0.05) is 109 Å². The predicted octanol–water partition coefficient (Wildman–Crippen LogP) is 22.5. The molecular weight excluding hydrogens is 1310 g/mol. The summed E-state index contributed by atoms with van der Waals surface area (Å²) in [7, 11) is 0. The zero-order valence-corrected chi connectivity index (χ0v) is 50.8. The second kappa shape index (κ2) is 30.5. The lowest BCUT2D eigenvalue weighted by Gasteiger charge is -2.39. The molecule has 0 radical (unpaired) electrons. The molecule has 534 valence electrons. The van der Waals surface area contributed by atoms with Crippen LogP contribution in [0, 0.1) is 47.3 Å². The maximum atomic E-state index is 14.1. The van der Waals surface area contributed by atoms with E-state index in [1.807, 2.05) is 0 Å². The molecule has 0 N–H and O–H groups in total. The number of aryl methyl sites for hydroxylation is 2. The Morgan fingerprint density at radius 3 is 0.860 bits per heavy atom. The van der Waals surface area contributed by atoms with E-state index >= 15 is 0 Å². The number of carbonyl (C=O) groups excluding carboxylic acids is 2. The molecule has 4 nitrogen and oxygen atoms in total. The molecule has 0 atom stereocenters. The van der Waals surface area contributed by atoms with Crippen LogP contribution in [0.5, 0.6) is 11.5 Å². The van der Waals surface area contributed by atoms with Gasteiger partial charge in [-0.25, -0.2) is 0 Å². The fourth-order valence-electron chi connectivity index (χ4n) is 13.1. The standard InChI is InChI=1S/C32H39F13O2.C31H37F13O2/c1-2-3-4-5-20-6-10-22(11-7-20)23-12-14-24(15-13-23)26(46)47-25-16-8-21(9-17-25)18-19-27(33,34)28(35,36)29(37,38)30(39,40)31(41,42)32(43,44)45;1-2-3-4-19-5-9-21(10-6-19)22-11-13-23(14-12-22)25(45)46-24-15-7-20(8-16-24)17-18-26(32,33)27(34,35)28(36,37)29(38,39)30(40,41)31(42,43)44/h8-9,16-17,20,22-24H,2-7,10-15,18-19H2,1H3;7-8,15-16,19,21-23H,2-6,9-14,17-18H2,1H3/t20-,22-,23-,24-;19-,21-,22-,23-. The van der Waals surface area contributed by atoms with E-state index in [9.17, 15) is 124 Å². The van der Waals surface area contributed by atoms with Crippen molar-refractivity contribution in [2.24, 2.45) is 47.3 Å². The average Bonchev–Trinajstić information content (AvgIpc) is 0.720. The molecule has 2 aromatic carbocycles. The Labute approximate surface area is 521 Å². The number of hydrogen-bond acceptors (Lipinski definition) is 4. The maximum absolute atomic E-state index is 14.1. The molecule has 4 saturated carbocycles. The van der Waals surface area contributed by atoms with E-state index in [0.717, 1.165) is 86.1 Å². The summed E-state index contributed by atoms with van der Waals surface area (Å²) in [6, 6.07) is 8.37. The van der Waals surface area contributed by atoms with Crippen LogP contribution in [0.4, 0.5) is 114 Å². The predicted molar refractivity (Wildman–Crippen MR) is 288 cm³/mol. The molecule has 4 aliphatic carbocycles. The summed E-state index contributed by atoms with van der Waals surface area (Å²) in [5.74, 6) is -71.8. The Morgan fingerprint density at radius 2 is 0.591 bits per heavy atom. The van der Waals surface area contributed by atoms with Crippen LogP contribution in [-0.4, -0.2) is 83.5 Å². The van der Waals surface area contributed by atoms with Crippen molar-refractivity contribution < 1.29 is 133 Å². The normalized spacial score (nSPS) is 24.0. The smallest absolute Gasteiger partial charge is 0.426 e. The van der Waals surface area contributed by atoms with Crippen LogP contribution in [0.1, 0.15) is 185 Å². The van der Waals surface area contributed by atoms with Gasteiger partial charge >= 0.3 is 83.5 Å². The van der Waals surface area contributed by atoms with Gasteiger partial charge in [0.05, 0.1) is 11.8 Å². The van der Waals surface area contributed by atoms with E-state index in [1.165, 1.54) is 96.3 Å². The van der Waals surface area contributed by atoms with Crippen LogP contribution in [0.3, 0.4) is 0 Å². The van der Waals surface area contributed by atoms with Gasteiger partial charge in [0.2, 0.25) is 0 Å². The molecule has 0 heterocycles. The zero-order chi connectivity index (χ0) is 70.2. The minimum Gasteiger partial charge on any atom is -0.426 e. The van der Waals surface area contributed by atoms with E-state index in [-0.39, 0.29) is 34.5 Å². The third-order valence-corrected chi connectivity index (χ3v) is 19.2. The number of benzene rings is 2. The summed E-state index contributed by atoms with van der Waals surface area (Å²) in [6.07, 6.45) is 2.48. The van der Waals surface area contributed by atoms with Gasteiger partial charge in [-0.2, -0.15) is 114 Å². The first-order valence-electron chi connectivity index (χ1n) is 31.2. The van der Waals surface area contributed by atoms with Crippen molar-refractivity contribution >= 4 is 11.9 Å². The number of esters is 2. The molecule has 6 rings (SSSR count). The number of ether oxygens (including phenoxy) is 2. The summed E-state index contributed by atoms with van der Waals surface area (Å²) in [4.78, 5) is 25.4. The van der Waals surface area contributed by atoms with Gasteiger partial charge < -0.3 is 9.47 Å². The van der Waals surface area contributed by atoms with Crippen molar-refractivity contribution in [3.05, 3.63) is 59.7 Å². The maximum Gasteiger partial charge on any atom is 0.460 e. The summed E-state index contributed by atoms with van der Waals surface area (Å²) in [5, 5.41) is 0. The third kappa shape index (κ3) is 17.7. The molecule has 0 aromatic heterocycles. The lowest BCUT2D eigenvalue weighted by atomic mass is 9.68. The van der Waals surface area contributed by atoms with Crippen LogP contribution < -0.4 is 9.47 Å². The number of unbranched alkanes of at least 4 members (excludes halogenated alkanes) is 3. The van der Waals surface area contributed by atoms with E-state index in [1.54, 1.807) is 0 Å². The first-order chi connectivity index (χ1) is 42.7. The van der Waals surface area contributed by atoms with E-state index in [0.29, 0.717) is 49.4 Å².